The summed E-state index contributed by atoms with van der Waals surface area (Å²) < 4.78 is 0. The fraction of sp³-hybridized carbons (Fsp3) is 0.350. The molecular weight excluding hydrogens is 356 g/mol. The summed E-state index contributed by atoms with van der Waals surface area (Å²) in [5, 5.41) is 11.6. The van der Waals surface area contributed by atoms with Crippen LogP contribution in [0.1, 0.15) is 36.8 Å². The molecule has 1 N–H and O–H groups in total. The van der Waals surface area contributed by atoms with Crippen LogP contribution in [-0.4, -0.2) is 31.4 Å². The highest BCUT2D eigenvalue weighted by molar-refractivity contribution is 5.69. The van der Waals surface area contributed by atoms with Gasteiger partial charge in [-0.2, -0.15) is 0 Å². The third kappa shape index (κ3) is 4.33. The maximum absolute atomic E-state index is 11.6. The molecule has 0 spiro atoms. The average Bonchev–Trinajstić information content (AvgIpc) is 3.11. The van der Waals surface area contributed by atoms with Crippen molar-refractivity contribution < 1.29 is 4.92 Å². The van der Waals surface area contributed by atoms with Crippen molar-refractivity contribution in [3.05, 3.63) is 63.7 Å². The number of aromatic nitrogens is 4. The first-order valence-electron chi connectivity index (χ1n) is 9.33. The zero-order chi connectivity index (χ0) is 20.1. The van der Waals surface area contributed by atoms with Gasteiger partial charge in [-0.3, -0.25) is 10.1 Å². The first-order chi connectivity index (χ1) is 13.5. The Morgan fingerprint density at radius 2 is 1.93 bits per heavy atom. The summed E-state index contributed by atoms with van der Waals surface area (Å²) >= 11 is 0. The molecule has 2 aromatic heterocycles. The summed E-state index contributed by atoms with van der Waals surface area (Å²) in [6.07, 6.45) is 3.58. The predicted molar refractivity (Wildman–Crippen MR) is 108 cm³/mol. The number of anilines is 1. The van der Waals surface area contributed by atoms with Crippen LogP contribution >= 0.6 is 0 Å². The molecule has 0 bridgehead atoms. The minimum atomic E-state index is -0.432. The van der Waals surface area contributed by atoms with Gasteiger partial charge in [-0.05, 0) is 25.8 Å². The Labute approximate surface area is 163 Å². The van der Waals surface area contributed by atoms with E-state index in [1.54, 1.807) is 20.0 Å². The van der Waals surface area contributed by atoms with E-state index in [2.05, 4.69) is 43.9 Å². The highest BCUT2D eigenvalue weighted by atomic mass is 16.6. The largest absolute Gasteiger partial charge is 0.341 e. The van der Waals surface area contributed by atoms with E-state index in [0.29, 0.717) is 29.7 Å². The van der Waals surface area contributed by atoms with E-state index >= 15 is 0 Å². The Kier molecular flexibility index (Phi) is 5.98. The quantitative estimate of drug-likeness (QED) is 0.464. The van der Waals surface area contributed by atoms with Crippen LogP contribution in [0.3, 0.4) is 0 Å². The lowest BCUT2D eigenvalue weighted by atomic mass is 10.2. The molecule has 0 amide bonds. The van der Waals surface area contributed by atoms with Crippen molar-refractivity contribution in [1.29, 1.82) is 0 Å². The van der Waals surface area contributed by atoms with E-state index in [4.69, 9.17) is 0 Å². The molecule has 0 fully saturated rings. The fourth-order valence-electron chi connectivity index (χ4n) is 3.04. The van der Waals surface area contributed by atoms with E-state index in [1.807, 2.05) is 18.2 Å². The van der Waals surface area contributed by atoms with Gasteiger partial charge in [0.1, 0.15) is 11.5 Å². The van der Waals surface area contributed by atoms with Crippen LogP contribution in [0, 0.1) is 24.0 Å². The molecule has 0 aliphatic heterocycles. The van der Waals surface area contributed by atoms with Gasteiger partial charge in [0, 0.05) is 13.1 Å². The number of aromatic amines is 1. The Morgan fingerprint density at radius 3 is 2.54 bits per heavy atom. The average molecular weight is 380 g/mol. The Balaban J connectivity index is 2.07. The zero-order valence-corrected chi connectivity index (χ0v) is 16.3. The fourth-order valence-corrected chi connectivity index (χ4v) is 3.04. The number of unbranched alkanes of at least 4 members (excludes halogenated alkanes) is 1. The molecule has 1 aromatic carbocycles. The molecule has 28 heavy (non-hydrogen) atoms. The predicted octanol–water partition coefficient (Wildman–Crippen LogP) is 4.20. The first-order valence-corrected chi connectivity index (χ1v) is 9.33. The number of benzene rings is 1. The van der Waals surface area contributed by atoms with Gasteiger partial charge < -0.3 is 9.88 Å². The highest BCUT2D eigenvalue weighted by Crippen LogP contribution is 2.31. The van der Waals surface area contributed by atoms with Crippen LogP contribution in [0.15, 0.2) is 36.5 Å². The molecule has 0 saturated heterocycles. The lowest BCUT2D eigenvalue weighted by Gasteiger charge is -2.23. The van der Waals surface area contributed by atoms with Crippen molar-refractivity contribution in [2.75, 3.05) is 11.4 Å². The van der Waals surface area contributed by atoms with Crippen LogP contribution in [0.5, 0.6) is 0 Å². The van der Waals surface area contributed by atoms with Crippen LogP contribution < -0.4 is 4.90 Å². The van der Waals surface area contributed by atoms with Crippen molar-refractivity contribution >= 4 is 11.6 Å². The monoisotopic (exact) mass is 380 g/mol. The minimum Gasteiger partial charge on any atom is -0.341 e. The van der Waals surface area contributed by atoms with Gasteiger partial charge in [0.05, 0.1) is 16.8 Å². The third-order valence-electron chi connectivity index (χ3n) is 4.47. The standard InChI is InChI=1S/C20H24N6O2/c1-4-5-11-25(13-16-9-7-6-8-10-16)20-22-14(2)19(26(27)28)18(24-20)17-12-21-15(3)23-17/h6-10,12H,4-5,11,13H2,1-3H3,(H,21,23). The second-order valence-electron chi connectivity index (χ2n) is 6.71. The molecule has 146 valence electrons. The van der Waals surface area contributed by atoms with Gasteiger partial charge in [-0.25, -0.2) is 15.0 Å². The lowest BCUT2D eigenvalue weighted by Crippen LogP contribution is -2.26. The topological polar surface area (TPSA) is 101 Å². The third-order valence-corrected chi connectivity index (χ3v) is 4.47. The summed E-state index contributed by atoms with van der Waals surface area (Å²) in [6.45, 7) is 6.98. The van der Waals surface area contributed by atoms with E-state index < -0.39 is 4.92 Å². The molecular formula is C20H24N6O2. The number of hydrogen-bond acceptors (Lipinski definition) is 6. The molecule has 0 radical (unpaired) electrons. The van der Waals surface area contributed by atoms with Crippen molar-refractivity contribution in [2.24, 2.45) is 0 Å². The van der Waals surface area contributed by atoms with Crippen LogP contribution in [-0.2, 0) is 6.54 Å². The number of aryl methyl sites for hydroxylation is 2. The molecule has 0 unspecified atom stereocenters. The summed E-state index contributed by atoms with van der Waals surface area (Å²) in [7, 11) is 0. The summed E-state index contributed by atoms with van der Waals surface area (Å²) in [5.74, 6) is 1.16. The van der Waals surface area contributed by atoms with Gasteiger partial charge in [-0.15, -0.1) is 0 Å². The molecule has 0 aliphatic carbocycles. The van der Waals surface area contributed by atoms with Gasteiger partial charge in [0.25, 0.3) is 0 Å². The zero-order valence-electron chi connectivity index (χ0n) is 16.3. The molecule has 2 heterocycles. The molecule has 0 aliphatic rings. The Bertz CT molecular complexity index is 955. The van der Waals surface area contributed by atoms with E-state index in [0.717, 1.165) is 24.9 Å². The minimum absolute atomic E-state index is 0.0949. The van der Waals surface area contributed by atoms with Crippen molar-refractivity contribution in [3.8, 4) is 11.4 Å². The highest BCUT2D eigenvalue weighted by Gasteiger charge is 2.26. The molecule has 3 aromatic rings. The smallest absolute Gasteiger partial charge is 0.318 e. The number of nitrogens with zero attached hydrogens (tertiary/aromatic N) is 5. The van der Waals surface area contributed by atoms with Crippen molar-refractivity contribution in [2.45, 2.75) is 40.2 Å². The summed E-state index contributed by atoms with van der Waals surface area (Å²) in [5.41, 5.74) is 2.17. The SMILES string of the molecule is CCCCN(Cc1ccccc1)c1nc(C)c([N+](=O)[O-])c(-c2cnc(C)[nH]2)n1. The van der Waals surface area contributed by atoms with Gasteiger partial charge in [0.2, 0.25) is 5.95 Å². The van der Waals surface area contributed by atoms with E-state index in [-0.39, 0.29) is 11.4 Å². The first kappa shape index (κ1) is 19.5. The maximum Gasteiger partial charge on any atom is 0.318 e. The molecule has 3 rings (SSSR count). The van der Waals surface area contributed by atoms with Gasteiger partial charge >= 0.3 is 5.69 Å². The van der Waals surface area contributed by atoms with Crippen molar-refractivity contribution in [1.82, 2.24) is 19.9 Å². The lowest BCUT2D eigenvalue weighted by molar-refractivity contribution is -0.385. The number of nitro groups is 1. The Morgan fingerprint density at radius 1 is 1.18 bits per heavy atom. The number of rotatable bonds is 8. The molecule has 8 nitrogen and oxygen atoms in total. The second-order valence-corrected chi connectivity index (χ2v) is 6.71. The van der Waals surface area contributed by atoms with Crippen molar-refractivity contribution in [3.63, 3.8) is 0 Å². The molecule has 8 heteroatoms. The van der Waals surface area contributed by atoms with Crippen LogP contribution in [0.4, 0.5) is 11.6 Å². The maximum atomic E-state index is 11.6. The molecule has 0 atom stereocenters. The number of H-pyrrole nitrogens is 1. The second kappa shape index (κ2) is 8.60. The molecule has 0 saturated carbocycles. The van der Waals surface area contributed by atoms with Gasteiger partial charge in [-0.1, -0.05) is 43.7 Å². The van der Waals surface area contributed by atoms with E-state index in [9.17, 15) is 10.1 Å². The normalized spacial score (nSPS) is 10.8. The van der Waals surface area contributed by atoms with Crippen LogP contribution in [0.2, 0.25) is 0 Å². The van der Waals surface area contributed by atoms with Crippen LogP contribution in [0.25, 0.3) is 11.4 Å². The number of imidazole rings is 1. The number of nitrogens with one attached hydrogen (secondary N) is 1. The number of hydrogen-bond donors (Lipinski definition) is 1. The van der Waals surface area contributed by atoms with E-state index in [1.165, 1.54) is 0 Å². The Hall–Kier alpha value is -3.29. The summed E-state index contributed by atoms with van der Waals surface area (Å²) in [4.78, 5) is 29.6. The van der Waals surface area contributed by atoms with Gasteiger partial charge in [0.15, 0.2) is 5.69 Å². The summed E-state index contributed by atoms with van der Waals surface area (Å²) in [6, 6.07) is 10.1.